The van der Waals surface area contributed by atoms with Gasteiger partial charge in [-0.1, -0.05) is 283 Å². The molecule has 0 saturated carbocycles. The van der Waals surface area contributed by atoms with E-state index in [-0.39, 0.29) is 22.6 Å². The molecule has 0 radical (unpaired) electrons. The predicted octanol–water partition coefficient (Wildman–Crippen LogP) is 24.7. The molecule has 87 heavy (non-hydrogen) atoms. The summed E-state index contributed by atoms with van der Waals surface area (Å²) in [7, 11) is 0. The summed E-state index contributed by atoms with van der Waals surface area (Å²) >= 11 is 3.76. The van der Waals surface area contributed by atoms with Crippen molar-refractivity contribution in [1.29, 1.82) is 0 Å². The predicted molar refractivity (Wildman–Crippen MR) is 379 cm³/mol. The lowest BCUT2D eigenvalue weighted by Crippen LogP contribution is -2.34. The van der Waals surface area contributed by atoms with E-state index in [0.717, 1.165) is 97.4 Å². The number of furan rings is 1. The molecule has 5 aromatic carbocycles. The number of anilines is 2. The number of amides is 2. The summed E-state index contributed by atoms with van der Waals surface area (Å²) in [6.07, 6.45) is 29.2. The quantitative estimate of drug-likeness (QED) is 0.0321. The molecule has 0 N–H and O–H groups in total. The molecule has 2 atom stereocenters. The number of nitrogens with zero attached hydrogens (tertiary/aromatic N) is 2. The van der Waals surface area contributed by atoms with Crippen LogP contribution < -0.4 is 9.80 Å². The van der Waals surface area contributed by atoms with Crippen molar-refractivity contribution in [1.82, 2.24) is 0 Å². The van der Waals surface area contributed by atoms with E-state index in [1.165, 1.54) is 154 Å². The van der Waals surface area contributed by atoms with Crippen molar-refractivity contribution < 1.29 is 14.0 Å². The molecule has 0 bridgehead atoms. The Morgan fingerprint density at radius 3 is 1.41 bits per heavy atom. The van der Waals surface area contributed by atoms with Gasteiger partial charge in [0.2, 0.25) is 0 Å². The zero-order valence-corrected chi connectivity index (χ0v) is 56.5. The summed E-state index contributed by atoms with van der Waals surface area (Å²) in [4.78, 5) is 39.0. The van der Waals surface area contributed by atoms with Crippen LogP contribution in [0.5, 0.6) is 0 Å². The maximum atomic E-state index is 16.2. The number of thiophene rings is 2. The highest BCUT2D eigenvalue weighted by molar-refractivity contribution is 7.29. The molecule has 5 heterocycles. The van der Waals surface area contributed by atoms with Crippen molar-refractivity contribution in [3.8, 4) is 32.9 Å². The standard InChI is InChI=1S/C80H102N2O3S2/c1-11-15-19-23-25-31-39-55(37-29-21-17-13-3)53-81-65-49-59(67-51-63-70-69(57-41-33-27-34-42-57)73(58-43-35-28-36-44-58)85-74(70)64-52-68(80(8,9)10)87-76(64)75(63)86-67)45-47-61(65)71(77(81)83)72-62-48-46-60(79(5,6)7)50-66(62)82(78(72)84)54-56(38-30-22-18-14-4)40-32-26-24-20-16-12-2/h27-28,33-36,41-52,55-56H,11-26,29-32,37-40,53-54H2,1-10H3. The van der Waals surface area contributed by atoms with E-state index in [1.54, 1.807) is 0 Å². The van der Waals surface area contributed by atoms with Crippen LogP contribution in [-0.4, -0.2) is 24.9 Å². The highest BCUT2D eigenvalue weighted by Gasteiger charge is 2.44. The molecular formula is C80H102N2O3S2. The molecule has 462 valence electrons. The second-order valence-electron chi connectivity index (χ2n) is 28.0. The van der Waals surface area contributed by atoms with E-state index in [4.69, 9.17) is 4.42 Å². The molecule has 2 amide bonds. The van der Waals surface area contributed by atoms with Gasteiger partial charge in [-0.25, -0.2) is 0 Å². The van der Waals surface area contributed by atoms with Gasteiger partial charge in [-0.05, 0) is 89.3 Å². The van der Waals surface area contributed by atoms with Crippen LogP contribution >= 0.6 is 22.7 Å². The molecule has 7 heteroatoms. The van der Waals surface area contributed by atoms with Crippen LogP contribution in [0.2, 0.25) is 0 Å². The highest BCUT2D eigenvalue weighted by Crippen LogP contribution is 2.55. The molecule has 8 aromatic rings. The van der Waals surface area contributed by atoms with Crippen molar-refractivity contribution in [3.63, 3.8) is 0 Å². The number of carbonyl (C=O) groups is 2. The number of hydrogen-bond acceptors (Lipinski definition) is 5. The van der Waals surface area contributed by atoms with Crippen molar-refractivity contribution >= 4 is 88.2 Å². The smallest absolute Gasteiger partial charge is 0.259 e. The Kier molecular flexibility index (Phi) is 21.6. The second kappa shape index (κ2) is 29.3. The third-order valence-electron chi connectivity index (χ3n) is 19.1. The van der Waals surface area contributed by atoms with Crippen LogP contribution in [0.4, 0.5) is 11.4 Å². The minimum absolute atomic E-state index is 0.00620. The van der Waals surface area contributed by atoms with Gasteiger partial charge in [-0.2, -0.15) is 0 Å². The fourth-order valence-electron chi connectivity index (χ4n) is 14.0. The van der Waals surface area contributed by atoms with Gasteiger partial charge in [0.25, 0.3) is 11.8 Å². The molecule has 0 aliphatic carbocycles. The first-order chi connectivity index (χ1) is 42.1. The monoisotopic (exact) mass is 1200 g/mol. The Labute approximate surface area is 531 Å². The number of benzene rings is 5. The summed E-state index contributed by atoms with van der Waals surface area (Å²) < 4.78 is 9.77. The fourth-order valence-corrected chi connectivity index (χ4v) is 16.5. The summed E-state index contributed by atoms with van der Waals surface area (Å²) in [5, 5.41) is 3.49. The van der Waals surface area contributed by atoms with Gasteiger partial charge >= 0.3 is 0 Å². The Hall–Kier alpha value is -5.76. The summed E-state index contributed by atoms with van der Waals surface area (Å²) in [5.74, 6) is 1.60. The number of hydrogen-bond donors (Lipinski definition) is 0. The minimum atomic E-state index is -0.115. The molecule has 3 aromatic heterocycles. The van der Waals surface area contributed by atoms with Gasteiger partial charge in [0.05, 0.1) is 31.9 Å². The Balaban J connectivity index is 1.14. The number of rotatable bonds is 31. The van der Waals surface area contributed by atoms with E-state index in [2.05, 4.69) is 188 Å². The largest absolute Gasteiger partial charge is 0.455 e. The van der Waals surface area contributed by atoms with E-state index in [0.29, 0.717) is 36.1 Å². The van der Waals surface area contributed by atoms with Crippen molar-refractivity contribution in [2.45, 2.75) is 234 Å². The van der Waals surface area contributed by atoms with Crippen molar-refractivity contribution in [3.05, 3.63) is 131 Å². The third kappa shape index (κ3) is 14.5. The van der Waals surface area contributed by atoms with Crippen LogP contribution in [0.3, 0.4) is 0 Å². The van der Waals surface area contributed by atoms with Crippen LogP contribution in [0.1, 0.15) is 245 Å². The van der Waals surface area contributed by atoms with Gasteiger partial charge in [-0.15, -0.1) is 22.7 Å². The molecule has 0 saturated heterocycles. The highest BCUT2D eigenvalue weighted by atomic mass is 32.1. The van der Waals surface area contributed by atoms with Gasteiger partial charge in [-0.3, -0.25) is 9.59 Å². The summed E-state index contributed by atoms with van der Waals surface area (Å²) in [6.45, 7) is 24.2. The average Bonchev–Trinajstić information content (AvgIpc) is 1.62. The normalized spacial score (nSPS) is 15.3. The van der Waals surface area contributed by atoms with Crippen molar-refractivity contribution in [2.24, 2.45) is 11.8 Å². The zero-order chi connectivity index (χ0) is 61.2. The van der Waals surface area contributed by atoms with E-state index < -0.39 is 0 Å². The molecule has 2 unspecified atom stereocenters. The summed E-state index contributed by atoms with van der Waals surface area (Å²) in [5.41, 5.74) is 11.3. The molecule has 5 nitrogen and oxygen atoms in total. The fraction of sp³-hybridized carbons (Fsp3) is 0.500. The lowest BCUT2D eigenvalue weighted by Gasteiger charge is -2.26. The second-order valence-corrected chi connectivity index (χ2v) is 30.1. The maximum Gasteiger partial charge on any atom is 0.259 e. The number of fused-ring (bicyclic) bond motifs is 8. The average molecular weight is 1200 g/mol. The number of unbranched alkanes of at least 4 members (excludes halogenated alkanes) is 16. The maximum absolute atomic E-state index is 16.2. The third-order valence-corrected chi connectivity index (χ3v) is 22.0. The first-order valence-corrected chi connectivity index (χ1v) is 36.0. The summed E-state index contributed by atoms with van der Waals surface area (Å²) in [6, 6.07) is 39.7. The Morgan fingerprint density at radius 2 is 0.908 bits per heavy atom. The van der Waals surface area contributed by atoms with Crippen LogP contribution in [0.25, 0.3) is 75.2 Å². The van der Waals surface area contributed by atoms with Gasteiger partial charge in [0.1, 0.15) is 11.3 Å². The van der Waals surface area contributed by atoms with Crippen LogP contribution in [0.15, 0.2) is 114 Å². The van der Waals surface area contributed by atoms with E-state index in [1.807, 2.05) is 22.7 Å². The van der Waals surface area contributed by atoms with E-state index >= 15 is 9.59 Å². The van der Waals surface area contributed by atoms with Gasteiger partial charge < -0.3 is 14.2 Å². The lowest BCUT2D eigenvalue weighted by atomic mass is 9.85. The molecule has 2 aliphatic heterocycles. The minimum Gasteiger partial charge on any atom is -0.455 e. The number of carbonyl (C=O) groups excluding carboxylic acids is 2. The van der Waals surface area contributed by atoms with Crippen molar-refractivity contribution in [2.75, 3.05) is 22.9 Å². The molecule has 10 rings (SSSR count). The van der Waals surface area contributed by atoms with Gasteiger partial charge in [0.15, 0.2) is 0 Å². The van der Waals surface area contributed by atoms with Crippen LogP contribution in [0, 0.1) is 11.8 Å². The van der Waals surface area contributed by atoms with Gasteiger partial charge in [0, 0.05) is 61.3 Å². The Bertz CT molecular complexity index is 3640. The SMILES string of the molecule is CCCCCCCCC(CCCCCC)CN1C(=O)C(=C2C(=O)N(CC(CCCCCC)CCCCCCCC)c3cc(C(C)(C)C)ccc32)c2ccc(-c3cc4c(s3)c3sc(C(C)(C)C)cc3c3oc(-c5ccccc5)c(-c5ccccc5)c43)cc21. The first kappa shape index (κ1) is 64.2. The Morgan fingerprint density at radius 1 is 0.448 bits per heavy atom. The molecule has 2 aliphatic rings. The molecular weight excluding hydrogens is 1100 g/mol. The topological polar surface area (TPSA) is 53.8 Å². The molecule has 0 fully saturated rings. The van der Waals surface area contributed by atoms with E-state index in [9.17, 15) is 0 Å². The molecule has 0 spiro atoms. The van der Waals surface area contributed by atoms with Crippen LogP contribution in [-0.2, 0) is 20.4 Å². The zero-order valence-electron chi connectivity index (χ0n) is 54.9. The lowest BCUT2D eigenvalue weighted by molar-refractivity contribution is -0.114. The first-order valence-electron chi connectivity index (χ1n) is 34.4.